The van der Waals surface area contributed by atoms with Crippen LogP contribution in [0.4, 0.5) is 13.2 Å². The minimum absolute atomic E-state index is 0.0303. The van der Waals surface area contributed by atoms with Gasteiger partial charge < -0.3 is 9.84 Å². The summed E-state index contributed by atoms with van der Waals surface area (Å²) >= 11 is 0. The third-order valence-electron chi connectivity index (χ3n) is 1.96. The number of hydrogen-bond acceptors (Lipinski definition) is 4. The molecule has 1 N–H and O–H groups in total. The van der Waals surface area contributed by atoms with Gasteiger partial charge in [-0.2, -0.15) is 13.2 Å². The van der Waals surface area contributed by atoms with Gasteiger partial charge in [0.25, 0.3) is 0 Å². The van der Waals surface area contributed by atoms with Crippen LogP contribution in [0, 0.1) is 0 Å². The van der Waals surface area contributed by atoms with Gasteiger partial charge in [0.15, 0.2) is 6.10 Å². The average molecular weight is 249 g/mol. The number of alkyl halides is 3. The number of carbonyl (C=O) groups is 1. The fourth-order valence-electron chi connectivity index (χ4n) is 1.23. The molecule has 0 saturated carbocycles. The van der Waals surface area contributed by atoms with Gasteiger partial charge in [-0.15, -0.1) is 0 Å². The molecule has 0 aliphatic carbocycles. The molecule has 1 rings (SSSR count). The Morgan fingerprint density at radius 1 is 1.59 bits per heavy atom. The van der Waals surface area contributed by atoms with Crippen LogP contribution >= 0.6 is 0 Å². The van der Waals surface area contributed by atoms with Crippen LogP contribution in [0.15, 0.2) is 18.5 Å². The number of carbonyl (C=O) groups excluding carboxylic acids is 1. The normalized spacial score (nSPS) is 13.2. The van der Waals surface area contributed by atoms with Crippen molar-refractivity contribution in [1.82, 2.24) is 4.98 Å². The van der Waals surface area contributed by atoms with Crippen LogP contribution in [0.2, 0.25) is 0 Å². The number of rotatable bonds is 3. The van der Waals surface area contributed by atoms with Crippen LogP contribution in [0.1, 0.15) is 24.2 Å². The van der Waals surface area contributed by atoms with Gasteiger partial charge in [-0.1, -0.05) is 0 Å². The van der Waals surface area contributed by atoms with E-state index in [-0.39, 0.29) is 6.61 Å². The maximum absolute atomic E-state index is 12.6. The fourth-order valence-corrected chi connectivity index (χ4v) is 1.23. The lowest BCUT2D eigenvalue weighted by Gasteiger charge is -2.15. The van der Waals surface area contributed by atoms with Crippen molar-refractivity contribution in [1.29, 1.82) is 0 Å². The standard InChI is InChI=1S/C10H10F3NO3/c1-2-17-9(16)8(15)6-5-14-4-3-7(6)10(11,12)13/h3-5,8,15H,2H2,1H3. The van der Waals surface area contributed by atoms with E-state index in [0.29, 0.717) is 6.07 Å². The van der Waals surface area contributed by atoms with E-state index in [0.717, 1.165) is 12.4 Å². The number of hydrogen-bond donors (Lipinski definition) is 1. The quantitative estimate of drug-likeness (QED) is 0.828. The minimum Gasteiger partial charge on any atom is -0.464 e. The molecule has 0 radical (unpaired) electrons. The number of aliphatic hydroxyl groups excluding tert-OH is 1. The number of pyridine rings is 1. The van der Waals surface area contributed by atoms with Crippen molar-refractivity contribution < 1.29 is 27.8 Å². The highest BCUT2D eigenvalue weighted by atomic mass is 19.4. The number of halogens is 3. The molecule has 1 heterocycles. The van der Waals surface area contributed by atoms with Crippen LogP contribution in [0.5, 0.6) is 0 Å². The van der Waals surface area contributed by atoms with Crippen LogP contribution < -0.4 is 0 Å². The first-order chi connectivity index (χ1) is 7.88. The lowest BCUT2D eigenvalue weighted by molar-refractivity contribution is -0.155. The van der Waals surface area contributed by atoms with Crippen LogP contribution in [-0.4, -0.2) is 22.7 Å². The van der Waals surface area contributed by atoms with Crippen molar-refractivity contribution in [2.24, 2.45) is 0 Å². The van der Waals surface area contributed by atoms with Gasteiger partial charge >= 0.3 is 12.1 Å². The second-order valence-corrected chi connectivity index (χ2v) is 3.12. The van der Waals surface area contributed by atoms with Gasteiger partial charge in [-0.25, -0.2) is 4.79 Å². The highest BCUT2D eigenvalue weighted by molar-refractivity contribution is 5.76. The van der Waals surface area contributed by atoms with Crippen LogP contribution in [0.3, 0.4) is 0 Å². The van der Waals surface area contributed by atoms with E-state index in [1.807, 2.05) is 0 Å². The predicted molar refractivity (Wildman–Crippen MR) is 50.8 cm³/mol. The Bertz CT molecular complexity index is 406. The first-order valence-electron chi connectivity index (χ1n) is 4.73. The van der Waals surface area contributed by atoms with E-state index in [2.05, 4.69) is 9.72 Å². The van der Waals surface area contributed by atoms with Gasteiger partial charge in [0, 0.05) is 18.0 Å². The zero-order valence-electron chi connectivity index (χ0n) is 8.86. The van der Waals surface area contributed by atoms with Gasteiger partial charge in [-0.05, 0) is 13.0 Å². The molecule has 1 atom stereocenters. The van der Waals surface area contributed by atoms with Crippen molar-refractivity contribution in [2.45, 2.75) is 19.2 Å². The molecule has 1 aromatic heterocycles. The summed E-state index contributed by atoms with van der Waals surface area (Å²) in [6.07, 6.45) is -4.92. The van der Waals surface area contributed by atoms with Crippen molar-refractivity contribution in [3.05, 3.63) is 29.6 Å². The van der Waals surface area contributed by atoms with Crippen molar-refractivity contribution >= 4 is 5.97 Å². The summed E-state index contributed by atoms with van der Waals surface area (Å²) in [5.41, 5.74) is -1.72. The van der Waals surface area contributed by atoms with E-state index in [9.17, 15) is 23.1 Å². The largest absolute Gasteiger partial charge is 0.464 e. The van der Waals surface area contributed by atoms with Crippen molar-refractivity contribution in [3.63, 3.8) is 0 Å². The third kappa shape index (κ3) is 3.16. The monoisotopic (exact) mass is 249 g/mol. The van der Waals surface area contributed by atoms with Gasteiger partial charge in [0.05, 0.1) is 12.2 Å². The molecular weight excluding hydrogens is 239 g/mol. The number of aromatic nitrogens is 1. The number of nitrogens with zero attached hydrogens (tertiary/aromatic N) is 1. The molecule has 17 heavy (non-hydrogen) atoms. The smallest absolute Gasteiger partial charge is 0.416 e. The first kappa shape index (κ1) is 13.4. The maximum atomic E-state index is 12.6. The summed E-state index contributed by atoms with van der Waals surface area (Å²) in [7, 11) is 0. The molecule has 4 nitrogen and oxygen atoms in total. The van der Waals surface area contributed by atoms with Crippen LogP contribution in [0.25, 0.3) is 0 Å². The lowest BCUT2D eigenvalue weighted by Crippen LogP contribution is -2.20. The molecular formula is C10H10F3NO3. The molecule has 0 fully saturated rings. The molecule has 0 saturated heterocycles. The number of esters is 1. The summed E-state index contributed by atoms with van der Waals surface area (Å²) in [6, 6.07) is 0.692. The summed E-state index contributed by atoms with van der Waals surface area (Å²) in [5.74, 6) is -1.13. The molecule has 0 bridgehead atoms. The molecule has 94 valence electrons. The van der Waals surface area contributed by atoms with E-state index in [4.69, 9.17) is 0 Å². The van der Waals surface area contributed by atoms with Crippen molar-refractivity contribution in [2.75, 3.05) is 6.61 Å². The van der Waals surface area contributed by atoms with E-state index in [1.165, 1.54) is 6.92 Å². The number of aliphatic hydroxyl groups is 1. The SMILES string of the molecule is CCOC(=O)C(O)c1cnccc1C(F)(F)F. The Balaban J connectivity index is 3.09. The Kier molecular flexibility index (Phi) is 4.06. The summed E-state index contributed by atoms with van der Waals surface area (Å²) in [5, 5.41) is 9.45. The first-order valence-corrected chi connectivity index (χ1v) is 4.73. The van der Waals surface area contributed by atoms with Crippen LogP contribution in [-0.2, 0) is 15.7 Å². The summed E-state index contributed by atoms with van der Waals surface area (Å²) in [4.78, 5) is 14.6. The molecule has 0 aromatic carbocycles. The molecule has 0 aliphatic heterocycles. The zero-order valence-corrected chi connectivity index (χ0v) is 8.86. The highest BCUT2D eigenvalue weighted by Gasteiger charge is 2.36. The van der Waals surface area contributed by atoms with Crippen molar-refractivity contribution in [3.8, 4) is 0 Å². The average Bonchev–Trinajstić information content (AvgIpc) is 2.27. The topological polar surface area (TPSA) is 59.4 Å². The predicted octanol–water partition coefficient (Wildman–Crippen LogP) is 1.70. The minimum atomic E-state index is -4.66. The number of ether oxygens (including phenoxy) is 1. The fraction of sp³-hybridized carbons (Fsp3) is 0.400. The summed E-state index contributed by atoms with van der Waals surface area (Å²) in [6.45, 7) is 1.45. The van der Waals surface area contributed by atoms with E-state index < -0.39 is 29.4 Å². The molecule has 0 spiro atoms. The van der Waals surface area contributed by atoms with E-state index >= 15 is 0 Å². The molecule has 0 aliphatic rings. The molecule has 1 unspecified atom stereocenters. The van der Waals surface area contributed by atoms with Gasteiger partial charge in [0.1, 0.15) is 0 Å². The second kappa shape index (κ2) is 5.13. The van der Waals surface area contributed by atoms with Gasteiger partial charge in [0.2, 0.25) is 0 Å². The Morgan fingerprint density at radius 3 is 2.76 bits per heavy atom. The molecule has 0 amide bonds. The Labute approximate surface area is 95.0 Å². The highest BCUT2D eigenvalue weighted by Crippen LogP contribution is 2.34. The zero-order chi connectivity index (χ0) is 13.1. The third-order valence-corrected chi connectivity index (χ3v) is 1.96. The second-order valence-electron chi connectivity index (χ2n) is 3.12. The lowest BCUT2D eigenvalue weighted by atomic mass is 10.1. The van der Waals surface area contributed by atoms with Gasteiger partial charge in [-0.3, -0.25) is 4.98 Å². The van der Waals surface area contributed by atoms with E-state index in [1.54, 1.807) is 0 Å². The molecule has 1 aromatic rings. The Hall–Kier alpha value is -1.63. The Morgan fingerprint density at radius 2 is 2.24 bits per heavy atom. The molecule has 7 heteroatoms. The summed E-state index contributed by atoms with van der Waals surface area (Å²) < 4.78 is 42.1. The maximum Gasteiger partial charge on any atom is 0.416 e.